The zero-order valence-corrected chi connectivity index (χ0v) is 6.93. The van der Waals surface area contributed by atoms with Crippen LogP contribution in [0, 0.1) is 11.8 Å². The van der Waals surface area contributed by atoms with E-state index in [1.54, 1.807) is 0 Å². The van der Waals surface area contributed by atoms with Crippen LogP contribution in [0.25, 0.3) is 0 Å². The van der Waals surface area contributed by atoms with Crippen LogP contribution in [0.5, 0.6) is 0 Å². The van der Waals surface area contributed by atoms with Gasteiger partial charge < -0.3 is 4.74 Å². The van der Waals surface area contributed by atoms with Gasteiger partial charge in [-0.3, -0.25) is 4.79 Å². The molecule has 0 atom stereocenters. The van der Waals surface area contributed by atoms with E-state index < -0.39 is 0 Å². The minimum atomic E-state index is 0.232. The smallest absolute Gasteiger partial charge is 0.294 e. The van der Waals surface area contributed by atoms with E-state index in [9.17, 15) is 4.79 Å². The van der Waals surface area contributed by atoms with Crippen molar-refractivity contribution in [1.29, 1.82) is 0 Å². The zero-order chi connectivity index (χ0) is 8.36. The Labute approximate surface area is 67.9 Å². The standard InChI is InChI=1S/C9H14O2/c1-2-3-4-5-6-7-8-11-9-10/h9H,2-5,8H2,1H3. The number of hydrogen-bond acceptors (Lipinski definition) is 2. The summed E-state index contributed by atoms with van der Waals surface area (Å²) < 4.78 is 4.39. The molecular formula is C9H14O2. The molecule has 0 aromatic heterocycles. The molecule has 62 valence electrons. The Balaban J connectivity index is 3.05. The van der Waals surface area contributed by atoms with Gasteiger partial charge in [-0.15, -0.1) is 0 Å². The van der Waals surface area contributed by atoms with Crippen molar-refractivity contribution in [2.75, 3.05) is 6.61 Å². The average Bonchev–Trinajstić information content (AvgIpc) is 2.03. The van der Waals surface area contributed by atoms with E-state index in [0.717, 1.165) is 12.8 Å². The van der Waals surface area contributed by atoms with Crippen molar-refractivity contribution in [2.24, 2.45) is 0 Å². The number of rotatable bonds is 5. The molecule has 2 nitrogen and oxygen atoms in total. The summed E-state index contributed by atoms with van der Waals surface area (Å²) in [6.07, 6.45) is 4.50. The third-order valence-corrected chi connectivity index (χ3v) is 1.25. The van der Waals surface area contributed by atoms with Crippen molar-refractivity contribution in [3.63, 3.8) is 0 Å². The first kappa shape index (κ1) is 10.0. The predicted molar refractivity (Wildman–Crippen MR) is 43.9 cm³/mol. The van der Waals surface area contributed by atoms with Gasteiger partial charge in [-0.25, -0.2) is 0 Å². The molecule has 0 aromatic rings. The van der Waals surface area contributed by atoms with Crippen LogP contribution in [0.4, 0.5) is 0 Å². The maximum absolute atomic E-state index is 9.65. The largest absolute Gasteiger partial charge is 0.455 e. The third-order valence-electron chi connectivity index (χ3n) is 1.25. The summed E-state index contributed by atoms with van der Waals surface area (Å²) in [5.74, 6) is 5.66. The number of ether oxygens (including phenoxy) is 1. The van der Waals surface area contributed by atoms with Gasteiger partial charge in [0.2, 0.25) is 0 Å². The van der Waals surface area contributed by atoms with Gasteiger partial charge in [0.1, 0.15) is 0 Å². The van der Waals surface area contributed by atoms with Crippen molar-refractivity contribution in [3.8, 4) is 11.8 Å². The Morgan fingerprint density at radius 3 is 2.82 bits per heavy atom. The lowest BCUT2D eigenvalue weighted by Crippen LogP contribution is -1.85. The average molecular weight is 154 g/mol. The summed E-state index contributed by atoms with van der Waals surface area (Å²) >= 11 is 0. The van der Waals surface area contributed by atoms with Crippen LogP contribution >= 0.6 is 0 Å². The lowest BCUT2D eigenvalue weighted by atomic mass is 10.2. The summed E-state index contributed by atoms with van der Waals surface area (Å²) in [6, 6.07) is 0. The van der Waals surface area contributed by atoms with Crippen LogP contribution in [0.1, 0.15) is 32.6 Å². The minimum Gasteiger partial charge on any atom is -0.455 e. The highest BCUT2D eigenvalue weighted by Gasteiger charge is 1.80. The number of carbonyl (C=O) groups is 1. The third kappa shape index (κ3) is 9.03. The van der Waals surface area contributed by atoms with Gasteiger partial charge in [0.25, 0.3) is 6.47 Å². The second kappa shape index (κ2) is 9.03. The highest BCUT2D eigenvalue weighted by molar-refractivity contribution is 5.37. The van der Waals surface area contributed by atoms with Gasteiger partial charge >= 0.3 is 0 Å². The maximum Gasteiger partial charge on any atom is 0.294 e. The fourth-order valence-corrected chi connectivity index (χ4v) is 0.678. The van der Waals surface area contributed by atoms with Crippen molar-refractivity contribution < 1.29 is 9.53 Å². The quantitative estimate of drug-likeness (QED) is 0.342. The lowest BCUT2D eigenvalue weighted by molar-refractivity contribution is -0.127. The topological polar surface area (TPSA) is 26.3 Å². The van der Waals surface area contributed by atoms with Crippen LogP contribution in [0.2, 0.25) is 0 Å². The monoisotopic (exact) mass is 154 g/mol. The molecule has 0 aliphatic rings. The fourth-order valence-electron chi connectivity index (χ4n) is 0.678. The SMILES string of the molecule is CCCCCC#CCOC=O. The Kier molecular flexibility index (Phi) is 8.23. The molecule has 0 fully saturated rings. The van der Waals surface area contributed by atoms with Gasteiger partial charge in [0.05, 0.1) is 0 Å². The molecular weight excluding hydrogens is 140 g/mol. The summed E-state index contributed by atoms with van der Waals surface area (Å²) in [6.45, 7) is 2.80. The molecule has 0 aromatic carbocycles. The van der Waals surface area contributed by atoms with Crippen LogP contribution in [-0.4, -0.2) is 13.1 Å². The van der Waals surface area contributed by atoms with E-state index in [-0.39, 0.29) is 6.61 Å². The highest BCUT2D eigenvalue weighted by Crippen LogP contribution is 1.96. The van der Waals surface area contributed by atoms with Gasteiger partial charge in [-0.05, 0) is 6.42 Å². The molecule has 0 N–H and O–H groups in total. The van der Waals surface area contributed by atoms with E-state index in [0.29, 0.717) is 6.47 Å². The predicted octanol–water partition coefficient (Wildman–Crippen LogP) is 1.74. The van der Waals surface area contributed by atoms with Gasteiger partial charge in [-0.1, -0.05) is 31.6 Å². The molecule has 0 aliphatic carbocycles. The second-order valence-corrected chi connectivity index (χ2v) is 2.22. The molecule has 0 aliphatic heterocycles. The lowest BCUT2D eigenvalue weighted by Gasteiger charge is -1.88. The Hall–Kier alpha value is -0.970. The highest BCUT2D eigenvalue weighted by atomic mass is 16.5. The summed E-state index contributed by atoms with van der Waals surface area (Å²) in [4.78, 5) is 9.65. The first-order valence-corrected chi connectivity index (χ1v) is 3.92. The van der Waals surface area contributed by atoms with Crippen molar-refractivity contribution in [2.45, 2.75) is 32.6 Å². The van der Waals surface area contributed by atoms with E-state index in [2.05, 4.69) is 23.5 Å². The fraction of sp³-hybridized carbons (Fsp3) is 0.667. The maximum atomic E-state index is 9.65. The van der Waals surface area contributed by atoms with E-state index in [1.165, 1.54) is 12.8 Å². The van der Waals surface area contributed by atoms with Gasteiger partial charge in [0, 0.05) is 6.42 Å². The normalized spacial score (nSPS) is 8.09. The van der Waals surface area contributed by atoms with Crippen LogP contribution < -0.4 is 0 Å². The molecule has 0 spiro atoms. The van der Waals surface area contributed by atoms with Crippen LogP contribution in [0.15, 0.2) is 0 Å². The molecule has 2 heteroatoms. The molecule has 0 unspecified atom stereocenters. The van der Waals surface area contributed by atoms with Crippen molar-refractivity contribution in [1.82, 2.24) is 0 Å². The Bertz CT molecular complexity index is 141. The van der Waals surface area contributed by atoms with Crippen molar-refractivity contribution >= 4 is 6.47 Å². The van der Waals surface area contributed by atoms with E-state index in [4.69, 9.17) is 0 Å². The van der Waals surface area contributed by atoms with Crippen LogP contribution in [-0.2, 0) is 9.53 Å². The number of hydrogen-bond donors (Lipinski definition) is 0. The molecule has 0 saturated carbocycles. The Morgan fingerprint density at radius 2 is 2.18 bits per heavy atom. The molecule has 0 heterocycles. The minimum absolute atomic E-state index is 0.232. The van der Waals surface area contributed by atoms with E-state index >= 15 is 0 Å². The first-order valence-electron chi connectivity index (χ1n) is 3.92. The second-order valence-electron chi connectivity index (χ2n) is 2.22. The summed E-state index contributed by atoms with van der Waals surface area (Å²) in [5, 5.41) is 0. The van der Waals surface area contributed by atoms with Gasteiger partial charge in [0.15, 0.2) is 6.61 Å². The van der Waals surface area contributed by atoms with Crippen LogP contribution in [0.3, 0.4) is 0 Å². The molecule has 0 bridgehead atoms. The number of unbranched alkanes of at least 4 members (excludes halogenated alkanes) is 3. The Morgan fingerprint density at radius 1 is 1.36 bits per heavy atom. The van der Waals surface area contributed by atoms with E-state index in [1.807, 2.05) is 0 Å². The molecule has 0 saturated heterocycles. The molecule has 0 radical (unpaired) electrons. The molecule has 0 amide bonds. The molecule has 0 rings (SSSR count). The van der Waals surface area contributed by atoms with Gasteiger partial charge in [-0.2, -0.15) is 0 Å². The number of carbonyl (C=O) groups excluding carboxylic acids is 1. The summed E-state index contributed by atoms with van der Waals surface area (Å²) in [5.41, 5.74) is 0. The zero-order valence-electron chi connectivity index (χ0n) is 6.93. The van der Waals surface area contributed by atoms with Crippen molar-refractivity contribution in [3.05, 3.63) is 0 Å². The first-order chi connectivity index (χ1) is 5.41. The molecule has 11 heavy (non-hydrogen) atoms. The summed E-state index contributed by atoms with van der Waals surface area (Å²) in [7, 11) is 0.